The van der Waals surface area contributed by atoms with Crippen molar-refractivity contribution in [3.05, 3.63) is 0 Å². The van der Waals surface area contributed by atoms with Crippen LogP contribution in [-0.2, 0) is 9.53 Å². The lowest BCUT2D eigenvalue weighted by molar-refractivity contribution is -0.164. The van der Waals surface area contributed by atoms with Crippen LogP contribution in [0.2, 0.25) is 0 Å². The number of Topliss-reactive ketones (excluding diaryl/α,β-unsaturated/α-hetero) is 1. The molecule has 1 aliphatic heterocycles. The van der Waals surface area contributed by atoms with Gasteiger partial charge >= 0.3 is 0 Å². The minimum atomic E-state index is -0.599. The average Bonchev–Trinajstić information content (AvgIpc) is 2.24. The number of carbonyl (C=O) groups is 1. The molecular formula is C12H19NO3. The number of hydrogen-bond donors (Lipinski definition) is 1. The number of nitrogens with zero attached hydrogens (tertiary/aromatic N) is 1. The van der Waals surface area contributed by atoms with Crippen LogP contribution >= 0.6 is 0 Å². The van der Waals surface area contributed by atoms with E-state index in [1.54, 1.807) is 6.92 Å². The first-order chi connectivity index (χ1) is 7.41. The number of hydrogen-bond acceptors (Lipinski definition) is 4. The molecule has 0 amide bonds. The molecule has 1 fully saturated rings. The van der Waals surface area contributed by atoms with Gasteiger partial charge in [-0.1, -0.05) is 20.8 Å². The van der Waals surface area contributed by atoms with Crippen LogP contribution in [0.15, 0.2) is 0 Å². The van der Waals surface area contributed by atoms with Gasteiger partial charge in [0.1, 0.15) is 11.9 Å². The zero-order valence-electron chi connectivity index (χ0n) is 10.1. The van der Waals surface area contributed by atoms with E-state index < -0.39 is 17.6 Å². The third-order valence-corrected chi connectivity index (χ3v) is 3.41. The van der Waals surface area contributed by atoms with E-state index in [1.807, 2.05) is 19.9 Å². The summed E-state index contributed by atoms with van der Waals surface area (Å²) < 4.78 is 5.55. The van der Waals surface area contributed by atoms with E-state index in [0.29, 0.717) is 12.8 Å². The van der Waals surface area contributed by atoms with Gasteiger partial charge < -0.3 is 9.84 Å². The first-order valence-corrected chi connectivity index (χ1v) is 5.66. The molecule has 16 heavy (non-hydrogen) atoms. The Balaban J connectivity index is 2.78. The standard InChI is InChI=1S/C12H19NO3/c1-4-8(14)5-11-12(2,3)10(15)6-9(7-13)16-11/h9-11,15H,4-6H2,1-3H3/t9-,10?,11?/m0/s1. The van der Waals surface area contributed by atoms with Gasteiger partial charge in [-0.05, 0) is 0 Å². The summed E-state index contributed by atoms with van der Waals surface area (Å²) in [6.45, 7) is 5.55. The third-order valence-electron chi connectivity index (χ3n) is 3.41. The Kier molecular flexibility index (Phi) is 4.06. The normalized spacial score (nSPS) is 33.1. The van der Waals surface area contributed by atoms with Crippen molar-refractivity contribution in [1.29, 1.82) is 5.26 Å². The minimum Gasteiger partial charge on any atom is -0.392 e. The molecule has 3 atom stereocenters. The second-order valence-electron chi connectivity index (χ2n) is 4.91. The van der Waals surface area contributed by atoms with Gasteiger partial charge in [-0.2, -0.15) is 5.26 Å². The molecule has 0 radical (unpaired) electrons. The molecule has 0 aromatic heterocycles. The van der Waals surface area contributed by atoms with E-state index in [0.717, 1.165) is 0 Å². The summed E-state index contributed by atoms with van der Waals surface area (Å²) in [5.74, 6) is 0.101. The van der Waals surface area contributed by atoms with Gasteiger partial charge in [0.2, 0.25) is 0 Å². The second-order valence-corrected chi connectivity index (χ2v) is 4.91. The van der Waals surface area contributed by atoms with Crippen LogP contribution in [-0.4, -0.2) is 29.2 Å². The van der Waals surface area contributed by atoms with E-state index in [9.17, 15) is 9.90 Å². The molecule has 1 saturated heterocycles. The highest BCUT2D eigenvalue weighted by atomic mass is 16.5. The van der Waals surface area contributed by atoms with Gasteiger partial charge in [0, 0.05) is 24.7 Å². The fraction of sp³-hybridized carbons (Fsp3) is 0.833. The van der Waals surface area contributed by atoms with Crippen LogP contribution in [0.1, 0.15) is 40.0 Å². The zero-order chi connectivity index (χ0) is 12.3. The molecular weight excluding hydrogens is 206 g/mol. The monoisotopic (exact) mass is 225 g/mol. The smallest absolute Gasteiger partial charge is 0.146 e. The van der Waals surface area contributed by atoms with Gasteiger partial charge in [0.15, 0.2) is 0 Å². The number of nitriles is 1. The molecule has 4 nitrogen and oxygen atoms in total. The van der Waals surface area contributed by atoms with Crippen LogP contribution in [0.25, 0.3) is 0 Å². The van der Waals surface area contributed by atoms with Gasteiger partial charge in [0.05, 0.1) is 18.3 Å². The summed E-state index contributed by atoms with van der Waals surface area (Å²) in [5.41, 5.74) is -0.474. The molecule has 90 valence electrons. The largest absolute Gasteiger partial charge is 0.392 e. The molecule has 1 rings (SSSR count). The maximum atomic E-state index is 11.4. The number of ketones is 1. The van der Waals surface area contributed by atoms with Crippen molar-refractivity contribution in [3.63, 3.8) is 0 Å². The molecule has 0 saturated carbocycles. The SMILES string of the molecule is CCC(=O)CC1O[C@H](C#N)CC(O)C1(C)C. The first kappa shape index (κ1) is 13.1. The lowest BCUT2D eigenvalue weighted by Crippen LogP contribution is -2.50. The van der Waals surface area contributed by atoms with Gasteiger partial charge in [-0.3, -0.25) is 4.79 Å². The summed E-state index contributed by atoms with van der Waals surface area (Å²) in [7, 11) is 0. The number of ether oxygens (including phenoxy) is 1. The maximum absolute atomic E-state index is 11.4. The van der Waals surface area contributed by atoms with Crippen LogP contribution in [0.3, 0.4) is 0 Å². The molecule has 0 aliphatic carbocycles. The minimum absolute atomic E-state index is 0.101. The molecule has 0 aromatic rings. The number of carbonyl (C=O) groups excluding carboxylic acids is 1. The van der Waals surface area contributed by atoms with Crippen molar-refractivity contribution in [2.24, 2.45) is 5.41 Å². The predicted molar refractivity (Wildman–Crippen MR) is 58.6 cm³/mol. The number of aliphatic hydroxyl groups excluding tert-OH is 1. The van der Waals surface area contributed by atoms with Crippen LogP contribution in [0.5, 0.6) is 0 Å². The van der Waals surface area contributed by atoms with E-state index >= 15 is 0 Å². The highest BCUT2D eigenvalue weighted by molar-refractivity contribution is 5.78. The molecule has 1 N–H and O–H groups in total. The van der Waals surface area contributed by atoms with Crippen molar-refractivity contribution in [2.75, 3.05) is 0 Å². The summed E-state index contributed by atoms with van der Waals surface area (Å²) in [6.07, 6.45) is -0.505. The molecule has 4 heteroatoms. The van der Waals surface area contributed by atoms with Gasteiger partial charge in [0.25, 0.3) is 0 Å². The first-order valence-electron chi connectivity index (χ1n) is 5.66. The fourth-order valence-corrected chi connectivity index (χ4v) is 1.90. The van der Waals surface area contributed by atoms with Crippen molar-refractivity contribution in [2.45, 2.75) is 58.3 Å². The summed E-state index contributed by atoms with van der Waals surface area (Å²) in [6, 6.07) is 2.00. The highest BCUT2D eigenvalue weighted by Gasteiger charge is 2.44. The quantitative estimate of drug-likeness (QED) is 0.788. The van der Waals surface area contributed by atoms with Crippen LogP contribution in [0.4, 0.5) is 0 Å². The van der Waals surface area contributed by atoms with Crippen molar-refractivity contribution in [3.8, 4) is 6.07 Å². The Morgan fingerprint density at radius 1 is 1.62 bits per heavy atom. The second kappa shape index (κ2) is 4.94. The Bertz CT molecular complexity index is 306. The van der Waals surface area contributed by atoms with Crippen molar-refractivity contribution in [1.82, 2.24) is 0 Å². The van der Waals surface area contributed by atoms with E-state index in [4.69, 9.17) is 10.00 Å². The van der Waals surface area contributed by atoms with Gasteiger partial charge in [-0.25, -0.2) is 0 Å². The summed E-state index contributed by atoms with van der Waals surface area (Å²) >= 11 is 0. The van der Waals surface area contributed by atoms with E-state index in [1.165, 1.54) is 0 Å². The fourth-order valence-electron chi connectivity index (χ4n) is 1.90. The van der Waals surface area contributed by atoms with Gasteiger partial charge in [-0.15, -0.1) is 0 Å². The Hall–Kier alpha value is -0.920. The van der Waals surface area contributed by atoms with E-state index in [-0.39, 0.29) is 18.3 Å². The van der Waals surface area contributed by atoms with Crippen molar-refractivity contribution >= 4 is 5.78 Å². The Morgan fingerprint density at radius 3 is 2.75 bits per heavy atom. The molecule has 2 unspecified atom stereocenters. The lowest BCUT2D eigenvalue weighted by atomic mass is 9.74. The zero-order valence-corrected chi connectivity index (χ0v) is 10.1. The summed E-state index contributed by atoms with van der Waals surface area (Å²) in [5, 5.41) is 18.8. The number of aliphatic hydroxyl groups is 1. The van der Waals surface area contributed by atoms with Crippen molar-refractivity contribution < 1.29 is 14.6 Å². The Morgan fingerprint density at radius 2 is 2.25 bits per heavy atom. The molecule has 0 bridgehead atoms. The Labute approximate surface area is 96.2 Å². The molecule has 0 aromatic carbocycles. The molecule has 1 heterocycles. The third kappa shape index (κ3) is 2.60. The molecule has 1 aliphatic rings. The topological polar surface area (TPSA) is 70.3 Å². The van der Waals surface area contributed by atoms with Crippen LogP contribution in [0, 0.1) is 16.7 Å². The molecule has 0 spiro atoms. The van der Waals surface area contributed by atoms with E-state index in [2.05, 4.69) is 0 Å². The highest BCUT2D eigenvalue weighted by Crippen LogP contribution is 2.38. The predicted octanol–water partition coefficient (Wildman–Crippen LogP) is 1.42. The van der Waals surface area contributed by atoms with Crippen LogP contribution < -0.4 is 0 Å². The number of rotatable bonds is 3. The maximum Gasteiger partial charge on any atom is 0.146 e. The summed E-state index contributed by atoms with van der Waals surface area (Å²) in [4.78, 5) is 11.4. The lowest BCUT2D eigenvalue weighted by Gasteiger charge is -2.43. The average molecular weight is 225 g/mol.